The van der Waals surface area contributed by atoms with Gasteiger partial charge in [0.2, 0.25) is 0 Å². The molecule has 0 N–H and O–H groups in total. The van der Waals surface area contributed by atoms with E-state index in [9.17, 15) is 0 Å². The summed E-state index contributed by atoms with van der Waals surface area (Å²) in [5, 5.41) is 0. The number of hydrogen-bond acceptors (Lipinski definition) is 1. The van der Waals surface area contributed by atoms with Crippen LogP contribution >= 0.6 is 18.6 Å². The molecule has 2 saturated carbocycles. The Hall–Kier alpha value is 0.491. The van der Waals surface area contributed by atoms with Gasteiger partial charge in [-0.05, 0) is 42.4 Å². The van der Waals surface area contributed by atoms with E-state index < -0.39 is 25.3 Å². The van der Waals surface area contributed by atoms with Gasteiger partial charge in [-0.25, -0.2) is 0 Å². The summed E-state index contributed by atoms with van der Waals surface area (Å²) < 4.78 is 0. The fraction of sp³-hybridized carbons (Fsp3) is 0.667. The van der Waals surface area contributed by atoms with Crippen LogP contribution in [0.25, 0.3) is 4.98 Å². The topological polar surface area (TPSA) is 17.3 Å². The van der Waals surface area contributed by atoms with E-state index in [2.05, 4.69) is 57.2 Å². The number of rotatable bonds is 2. The second kappa shape index (κ2) is 9.53. The summed E-state index contributed by atoms with van der Waals surface area (Å²) in [5.41, 5.74) is 5.39. The number of anilines is 1. The third-order valence-electron chi connectivity index (χ3n) is 7.29. The molecule has 0 bridgehead atoms. The SMILES string of the molecule is C[N-][Si](C)(C)C1C2CCCCC2C2c3cc(C)ccc3N(C)C21.[CH3-].[Cl][Ti][Cl]. The third kappa shape index (κ3) is 4.20. The summed E-state index contributed by atoms with van der Waals surface area (Å²) in [7, 11) is 12.7. The Labute approximate surface area is 184 Å². The Bertz CT molecular complexity index is 643. The molecule has 0 amide bonds. The van der Waals surface area contributed by atoms with Gasteiger partial charge in [-0.1, -0.05) is 58.3 Å². The van der Waals surface area contributed by atoms with E-state index in [1.165, 1.54) is 36.9 Å². The average Bonchev–Trinajstić information content (AvgIpc) is 3.10. The van der Waals surface area contributed by atoms with Crippen LogP contribution in [0.5, 0.6) is 0 Å². The molecular weight excluding hydrogens is 427 g/mol. The normalized spacial score (nSPS) is 31.1. The fourth-order valence-electron chi connectivity index (χ4n) is 6.22. The molecule has 3 aliphatic rings. The Morgan fingerprint density at radius 2 is 1.74 bits per heavy atom. The number of hydrogen-bond donors (Lipinski definition) is 0. The summed E-state index contributed by atoms with van der Waals surface area (Å²) in [6.07, 6.45) is 5.77. The van der Waals surface area contributed by atoms with Crippen LogP contribution in [-0.2, 0) is 17.0 Å². The molecule has 2 aliphatic carbocycles. The van der Waals surface area contributed by atoms with Crippen LogP contribution in [0.15, 0.2) is 18.2 Å². The first kappa shape index (κ1) is 23.8. The van der Waals surface area contributed by atoms with Gasteiger partial charge in [0.15, 0.2) is 0 Å². The molecule has 0 aromatic heterocycles. The van der Waals surface area contributed by atoms with Crippen molar-refractivity contribution in [3.63, 3.8) is 0 Å². The van der Waals surface area contributed by atoms with Crippen molar-refractivity contribution in [1.29, 1.82) is 0 Å². The summed E-state index contributed by atoms with van der Waals surface area (Å²) in [6.45, 7) is 7.26. The molecule has 1 aromatic carbocycles. The minimum atomic E-state index is -1.55. The third-order valence-corrected chi connectivity index (χ3v) is 10.8. The summed E-state index contributed by atoms with van der Waals surface area (Å²) in [4.78, 5) is 7.62. The van der Waals surface area contributed by atoms with Crippen molar-refractivity contribution in [2.45, 2.75) is 63.2 Å². The van der Waals surface area contributed by atoms with Crippen molar-refractivity contribution in [2.24, 2.45) is 11.8 Å². The minimum absolute atomic E-state index is 0. The molecule has 1 heterocycles. The maximum absolute atomic E-state index is 4.98. The first-order valence-corrected chi connectivity index (χ1v) is 17.1. The van der Waals surface area contributed by atoms with Crippen LogP contribution in [0.3, 0.4) is 0 Å². The zero-order valence-corrected chi connectivity index (χ0v) is 21.7. The van der Waals surface area contributed by atoms with Crippen LogP contribution in [0.2, 0.25) is 18.6 Å². The second-order valence-electron chi connectivity index (χ2n) is 8.78. The number of fused-ring (bicyclic) bond motifs is 5. The second-order valence-corrected chi connectivity index (χ2v) is 15.8. The van der Waals surface area contributed by atoms with E-state index in [0.717, 1.165) is 23.3 Å². The van der Waals surface area contributed by atoms with Gasteiger partial charge in [-0.2, -0.15) is 7.05 Å². The summed E-state index contributed by atoms with van der Waals surface area (Å²) in [5.74, 6) is 2.58. The first-order chi connectivity index (χ1) is 12.4. The van der Waals surface area contributed by atoms with Crippen molar-refractivity contribution in [1.82, 2.24) is 0 Å². The number of aryl methyl sites for hydroxylation is 1. The van der Waals surface area contributed by atoms with Crippen LogP contribution in [0.1, 0.15) is 42.7 Å². The zero-order valence-electron chi connectivity index (χ0n) is 17.6. The standard InChI is InChI=1S/C20H31N2Si.CH3.2ClH.Ti/c1-13-10-11-17-16(12-13)18-14-8-6-7-9-15(14)20(19(18)22(17)3)23(4,5)21-2;;;;/h10-12,14-15,18-20H,6-9H2,1-5H3;1H3;2*1H;/q2*-1;;;+2/p-2. The van der Waals surface area contributed by atoms with E-state index in [1.54, 1.807) is 5.56 Å². The molecule has 1 aromatic rings. The molecule has 4 rings (SSSR count). The van der Waals surface area contributed by atoms with E-state index in [-0.39, 0.29) is 7.43 Å². The Kier molecular flexibility index (Phi) is 8.39. The van der Waals surface area contributed by atoms with Crippen molar-refractivity contribution in [3.05, 3.63) is 41.7 Å². The van der Waals surface area contributed by atoms with Crippen molar-refractivity contribution in [3.8, 4) is 0 Å². The molecule has 5 unspecified atom stereocenters. The molecule has 2 nitrogen and oxygen atoms in total. The Morgan fingerprint density at radius 3 is 2.33 bits per heavy atom. The van der Waals surface area contributed by atoms with Crippen molar-refractivity contribution < 1.29 is 17.0 Å². The average molecular weight is 461 g/mol. The van der Waals surface area contributed by atoms with E-state index in [0.29, 0.717) is 6.04 Å². The number of nitrogens with zero attached hydrogens (tertiary/aromatic N) is 2. The monoisotopic (exact) mass is 460 g/mol. The van der Waals surface area contributed by atoms with Gasteiger partial charge in [-0.15, -0.1) is 0 Å². The maximum atomic E-state index is 4.98. The molecule has 0 spiro atoms. The van der Waals surface area contributed by atoms with Gasteiger partial charge in [0.1, 0.15) is 0 Å². The molecular formula is C21H34Cl2N2SiTi-2. The van der Waals surface area contributed by atoms with Crippen LogP contribution in [0, 0.1) is 26.2 Å². The van der Waals surface area contributed by atoms with Crippen LogP contribution in [-0.4, -0.2) is 28.4 Å². The molecule has 152 valence electrons. The fourth-order valence-corrected chi connectivity index (χ4v) is 9.25. The first-order valence-electron chi connectivity index (χ1n) is 9.78. The summed E-state index contributed by atoms with van der Waals surface area (Å²) in [6, 6.07) is 7.85. The molecule has 0 radical (unpaired) electrons. The van der Waals surface area contributed by atoms with Crippen molar-refractivity contribution in [2.75, 3.05) is 19.0 Å². The Balaban J connectivity index is 0.000000614. The van der Waals surface area contributed by atoms with Gasteiger partial charge >= 0.3 is 35.6 Å². The molecule has 6 heteroatoms. The number of likely N-dealkylation sites (N-methyl/N-ethyl adjacent to an activating group) is 1. The number of benzene rings is 1. The zero-order chi connectivity index (χ0) is 19.1. The van der Waals surface area contributed by atoms with E-state index in [1.807, 2.05) is 0 Å². The molecule has 1 aliphatic heterocycles. The molecule has 5 atom stereocenters. The predicted octanol–water partition coefficient (Wildman–Crippen LogP) is 7.12. The van der Waals surface area contributed by atoms with Gasteiger partial charge in [0.25, 0.3) is 0 Å². The molecule has 2 fully saturated rings. The number of halogens is 2. The van der Waals surface area contributed by atoms with Crippen LogP contribution < -0.4 is 4.90 Å². The van der Waals surface area contributed by atoms with Crippen LogP contribution in [0.4, 0.5) is 5.69 Å². The molecule has 27 heavy (non-hydrogen) atoms. The molecule has 0 saturated heterocycles. The van der Waals surface area contributed by atoms with Gasteiger partial charge < -0.3 is 17.3 Å². The van der Waals surface area contributed by atoms with E-state index in [4.69, 9.17) is 23.6 Å². The van der Waals surface area contributed by atoms with E-state index >= 15 is 0 Å². The predicted molar refractivity (Wildman–Crippen MR) is 120 cm³/mol. The summed E-state index contributed by atoms with van der Waals surface area (Å²) >= 11 is -0.556. The Morgan fingerprint density at radius 1 is 1.15 bits per heavy atom. The van der Waals surface area contributed by atoms with Gasteiger partial charge in [0.05, 0.1) is 0 Å². The van der Waals surface area contributed by atoms with Gasteiger partial charge in [-0.3, -0.25) is 0 Å². The quantitative estimate of drug-likeness (QED) is 0.339. The van der Waals surface area contributed by atoms with Crippen molar-refractivity contribution >= 4 is 32.5 Å². The van der Waals surface area contributed by atoms with Gasteiger partial charge in [0, 0.05) is 24.7 Å².